The summed E-state index contributed by atoms with van der Waals surface area (Å²) in [6.45, 7) is 6.43. The quantitative estimate of drug-likeness (QED) is 0.598. The van der Waals surface area contributed by atoms with E-state index in [1.54, 1.807) is 6.92 Å². The second-order valence-electron chi connectivity index (χ2n) is 3.18. The molecule has 0 aliphatic carbocycles. The van der Waals surface area contributed by atoms with Crippen LogP contribution in [0.5, 0.6) is 0 Å². The molecular formula is C10H21NO3. The van der Waals surface area contributed by atoms with E-state index in [4.69, 9.17) is 4.74 Å². The standard InChI is InChI=1S/C10H21NO3/c1-4-8(12)7-11-9(5-2)10(13)14-6-3/h8-9,11-12H,4-7H2,1-3H3. The van der Waals surface area contributed by atoms with Gasteiger partial charge < -0.3 is 15.2 Å². The van der Waals surface area contributed by atoms with Crippen LogP contribution in [0.15, 0.2) is 0 Å². The number of aliphatic hydroxyl groups is 1. The molecule has 2 unspecified atom stereocenters. The van der Waals surface area contributed by atoms with Gasteiger partial charge in [0.05, 0.1) is 12.7 Å². The van der Waals surface area contributed by atoms with Crippen molar-refractivity contribution in [2.24, 2.45) is 0 Å². The van der Waals surface area contributed by atoms with Gasteiger partial charge in [-0.15, -0.1) is 0 Å². The normalized spacial score (nSPS) is 14.9. The third-order valence-electron chi connectivity index (χ3n) is 2.05. The zero-order valence-electron chi connectivity index (χ0n) is 9.25. The predicted octanol–water partition coefficient (Wildman–Crippen LogP) is 0.689. The van der Waals surface area contributed by atoms with Crippen LogP contribution >= 0.6 is 0 Å². The minimum Gasteiger partial charge on any atom is -0.465 e. The first kappa shape index (κ1) is 13.4. The molecule has 0 heterocycles. The molecule has 0 radical (unpaired) electrons. The Morgan fingerprint density at radius 1 is 1.36 bits per heavy atom. The van der Waals surface area contributed by atoms with Crippen molar-refractivity contribution < 1.29 is 14.6 Å². The summed E-state index contributed by atoms with van der Waals surface area (Å²) in [6.07, 6.45) is 0.972. The van der Waals surface area contributed by atoms with Gasteiger partial charge in [0.1, 0.15) is 6.04 Å². The zero-order valence-corrected chi connectivity index (χ0v) is 9.25. The number of esters is 1. The van der Waals surface area contributed by atoms with Crippen LogP contribution in [0.1, 0.15) is 33.6 Å². The molecule has 14 heavy (non-hydrogen) atoms. The van der Waals surface area contributed by atoms with Gasteiger partial charge in [-0.25, -0.2) is 0 Å². The number of nitrogens with one attached hydrogen (secondary N) is 1. The lowest BCUT2D eigenvalue weighted by Gasteiger charge is -2.17. The average molecular weight is 203 g/mol. The maximum atomic E-state index is 11.3. The highest BCUT2D eigenvalue weighted by Crippen LogP contribution is 1.96. The first-order valence-corrected chi connectivity index (χ1v) is 5.23. The summed E-state index contributed by atoms with van der Waals surface area (Å²) >= 11 is 0. The maximum absolute atomic E-state index is 11.3. The SMILES string of the molecule is CCOC(=O)C(CC)NCC(O)CC. The van der Waals surface area contributed by atoms with E-state index in [-0.39, 0.29) is 12.0 Å². The highest BCUT2D eigenvalue weighted by Gasteiger charge is 2.17. The Labute approximate surface area is 85.6 Å². The number of hydrogen-bond acceptors (Lipinski definition) is 4. The first-order valence-electron chi connectivity index (χ1n) is 5.23. The lowest BCUT2D eigenvalue weighted by atomic mass is 10.2. The van der Waals surface area contributed by atoms with Crippen LogP contribution < -0.4 is 5.32 Å². The fourth-order valence-electron chi connectivity index (χ4n) is 1.06. The third-order valence-corrected chi connectivity index (χ3v) is 2.05. The number of carbonyl (C=O) groups excluding carboxylic acids is 1. The number of ether oxygens (including phenoxy) is 1. The third kappa shape index (κ3) is 5.19. The molecule has 2 N–H and O–H groups in total. The number of hydrogen-bond donors (Lipinski definition) is 2. The van der Waals surface area contributed by atoms with Crippen molar-refractivity contribution in [2.75, 3.05) is 13.2 Å². The van der Waals surface area contributed by atoms with Crippen LogP contribution in [0.2, 0.25) is 0 Å². The van der Waals surface area contributed by atoms with E-state index in [0.717, 1.165) is 0 Å². The molecule has 0 aromatic rings. The van der Waals surface area contributed by atoms with Crippen LogP contribution in [-0.4, -0.2) is 36.4 Å². The van der Waals surface area contributed by atoms with E-state index >= 15 is 0 Å². The summed E-state index contributed by atoms with van der Waals surface area (Å²) in [6, 6.07) is -0.295. The topological polar surface area (TPSA) is 58.6 Å². The Hall–Kier alpha value is -0.610. The summed E-state index contributed by atoms with van der Waals surface area (Å²) in [7, 11) is 0. The molecule has 0 aliphatic rings. The molecule has 0 aromatic heterocycles. The summed E-state index contributed by atoms with van der Waals surface area (Å²) in [4.78, 5) is 11.3. The molecule has 4 heteroatoms. The molecule has 0 rings (SSSR count). The Kier molecular flexibility index (Phi) is 7.42. The van der Waals surface area contributed by atoms with Crippen molar-refractivity contribution in [1.29, 1.82) is 0 Å². The molecule has 0 aromatic carbocycles. The Balaban J connectivity index is 3.84. The Morgan fingerprint density at radius 2 is 2.00 bits per heavy atom. The van der Waals surface area contributed by atoms with Crippen LogP contribution in [-0.2, 0) is 9.53 Å². The van der Waals surface area contributed by atoms with Crippen LogP contribution in [0.25, 0.3) is 0 Å². The van der Waals surface area contributed by atoms with Crippen LogP contribution in [0.4, 0.5) is 0 Å². The molecule has 4 nitrogen and oxygen atoms in total. The lowest BCUT2D eigenvalue weighted by Crippen LogP contribution is -2.41. The average Bonchev–Trinajstić information content (AvgIpc) is 2.18. The van der Waals surface area contributed by atoms with E-state index in [1.807, 2.05) is 13.8 Å². The zero-order chi connectivity index (χ0) is 11.0. The molecule has 0 fully saturated rings. The van der Waals surface area contributed by atoms with Gasteiger partial charge in [-0.3, -0.25) is 4.79 Å². The van der Waals surface area contributed by atoms with Crippen molar-refractivity contribution in [3.63, 3.8) is 0 Å². The summed E-state index contributed by atoms with van der Waals surface area (Å²) in [5.41, 5.74) is 0. The molecule has 0 spiro atoms. The van der Waals surface area contributed by atoms with Gasteiger partial charge >= 0.3 is 5.97 Å². The molecule has 0 aliphatic heterocycles. The van der Waals surface area contributed by atoms with Gasteiger partial charge in [0, 0.05) is 6.54 Å². The summed E-state index contributed by atoms with van der Waals surface area (Å²) in [5, 5.41) is 12.3. The highest BCUT2D eigenvalue weighted by molar-refractivity contribution is 5.75. The fraction of sp³-hybridized carbons (Fsp3) is 0.900. The van der Waals surface area contributed by atoms with Gasteiger partial charge in [-0.2, -0.15) is 0 Å². The molecular weight excluding hydrogens is 182 g/mol. The Bertz CT molecular complexity index is 161. The fourth-order valence-corrected chi connectivity index (χ4v) is 1.06. The smallest absolute Gasteiger partial charge is 0.323 e. The number of aliphatic hydroxyl groups excluding tert-OH is 1. The van der Waals surface area contributed by atoms with Crippen molar-refractivity contribution in [2.45, 2.75) is 45.8 Å². The van der Waals surface area contributed by atoms with E-state index in [0.29, 0.717) is 26.0 Å². The second kappa shape index (κ2) is 7.76. The van der Waals surface area contributed by atoms with Crippen molar-refractivity contribution in [1.82, 2.24) is 5.32 Å². The molecule has 0 amide bonds. The van der Waals surface area contributed by atoms with E-state index < -0.39 is 6.10 Å². The van der Waals surface area contributed by atoms with E-state index in [1.165, 1.54) is 0 Å². The summed E-state index contributed by atoms with van der Waals surface area (Å²) in [5.74, 6) is -0.238. The first-order chi connectivity index (χ1) is 6.65. The van der Waals surface area contributed by atoms with Crippen LogP contribution in [0, 0.1) is 0 Å². The van der Waals surface area contributed by atoms with Gasteiger partial charge in [-0.05, 0) is 19.8 Å². The Morgan fingerprint density at radius 3 is 2.43 bits per heavy atom. The van der Waals surface area contributed by atoms with Gasteiger partial charge in [-0.1, -0.05) is 13.8 Å². The maximum Gasteiger partial charge on any atom is 0.323 e. The van der Waals surface area contributed by atoms with Crippen molar-refractivity contribution in [3.05, 3.63) is 0 Å². The van der Waals surface area contributed by atoms with Crippen molar-refractivity contribution >= 4 is 5.97 Å². The largest absolute Gasteiger partial charge is 0.465 e. The predicted molar refractivity (Wildman–Crippen MR) is 55.0 cm³/mol. The van der Waals surface area contributed by atoms with Crippen LogP contribution in [0.3, 0.4) is 0 Å². The van der Waals surface area contributed by atoms with Gasteiger partial charge in [0.15, 0.2) is 0 Å². The molecule has 0 bridgehead atoms. The minimum atomic E-state index is -0.390. The minimum absolute atomic E-state index is 0.238. The second-order valence-corrected chi connectivity index (χ2v) is 3.18. The molecule has 2 atom stereocenters. The lowest BCUT2D eigenvalue weighted by molar-refractivity contribution is -0.145. The van der Waals surface area contributed by atoms with Gasteiger partial charge in [0.25, 0.3) is 0 Å². The monoisotopic (exact) mass is 203 g/mol. The number of rotatable bonds is 7. The number of carbonyl (C=O) groups is 1. The highest BCUT2D eigenvalue weighted by atomic mass is 16.5. The molecule has 0 saturated heterocycles. The van der Waals surface area contributed by atoms with Gasteiger partial charge in [0.2, 0.25) is 0 Å². The van der Waals surface area contributed by atoms with E-state index in [9.17, 15) is 9.90 Å². The van der Waals surface area contributed by atoms with E-state index in [2.05, 4.69) is 5.32 Å². The van der Waals surface area contributed by atoms with Crippen molar-refractivity contribution in [3.8, 4) is 0 Å². The summed E-state index contributed by atoms with van der Waals surface area (Å²) < 4.78 is 4.88. The molecule has 0 saturated carbocycles. The molecule has 84 valence electrons.